The number of ether oxygens (including phenoxy) is 2. The van der Waals surface area contributed by atoms with Crippen LogP contribution in [0.25, 0.3) is 0 Å². The second kappa shape index (κ2) is 7.79. The zero-order chi connectivity index (χ0) is 18.6. The van der Waals surface area contributed by atoms with E-state index in [2.05, 4.69) is 5.32 Å². The van der Waals surface area contributed by atoms with Crippen LogP contribution in [0.3, 0.4) is 0 Å². The highest BCUT2D eigenvalue weighted by Gasteiger charge is 2.25. The van der Waals surface area contributed by atoms with E-state index >= 15 is 0 Å². The predicted molar refractivity (Wildman–Crippen MR) is 91.4 cm³/mol. The molecule has 1 aromatic rings. The Bertz CT molecular complexity index is 654. The van der Waals surface area contributed by atoms with Crippen molar-refractivity contribution in [1.82, 2.24) is 5.32 Å². The Kier molecular flexibility index (Phi) is 5.97. The van der Waals surface area contributed by atoms with Gasteiger partial charge in [-0.1, -0.05) is 0 Å². The molecule has 1 unspecified atom stereocenters. The lowest BCUT2D eigenvalue weighted by atomic mass is 10.1. The van der Waals surface area contributed by atoms with Crippen LogP contribution in [0.15, 0.2) is 12.1 Å². The summed E-state index contributed by atoms with van der Waals surface area (Å²) in [7, 11) is 0. The van der Waals surface area contributed by atoms with Crippen molar-refractivity contribution in [2.24, 2.45) is 0 Å². The summed E-state index contributed by atoms with van der Waals surface area (Å²) in [5.41, 5.74) is 1.12. The number of fused-ring (bicyclic) bond motifs is 1. The van der Waals surface area contributed by atoms with Crippen LogP contribution >= 0.6 is 0 Å². The van der Waals surface area contributed by atoms with E-state index in [0.29, 0.717) is 30.9 Å². The second-order valence-electron chi connectivity index (χ2n) is 7.22. The Labute approximate surface area is 147 Å². The van der Waals surface area contributed by atoms with Crippen molar-refractivity contribution >= 4 is 11.6 Å². The van der Waals surface area contributed by atoms with Gasteiger partial charge in [-0.2, -0.15) is 0 Å². The molecular formula is C17H26N3O5+. The Morgan fingerprint density at radius 1 is 1.40 bits per heavy atom. The maximum absolute atomic E-state index is 12.2. The minimum absolute atomic E-state index is 0.0115. The first-order valence-electron chi connectivity index (χ1n) is 8.35. The number of quaternary nitrogens is 1. The smallest absolute Gasteiger partial charge is 0.275 e. The lowest BCUT2D eigenvalue weighted by Gasteiger charge is -2.25. The molecule has 138 valence electrons. The largest absolute Gasteiger partial charge is 0.467 e. The molecule has 0 aromatic heterocycles. The molecule has 2 N–H and O–H groups in total. The van der Waals surface area contributed by atoms with Gasteiger partial charge in [-0.15, -0.1) is 0 Å². The molecule has 1 atom stereocenters. The van der Waals surface area contributed by atoms with Crippen molar-refractivity contribution in [2.75, 3.05) is 19.9 Å². The fourth-order valence-corrected chi connectivity index (χ4v) is 2.79. The molecule has 2 rings (SSSR count). The standard InChI is InChI=1S/C17H25N3O5/c1-5-19(9-15(21)18-17(2,3)4)8-12-6-14(20(22)23)7-13-10-24-11-25-16(12)13/h6-7H,5,8-11H2,1-4H3,(H,18,21)/p+1. The summed E-state index contributed by atoms with van der Waals surface area (Å²) in [6.07, 6.45) is 0. The maximum atomic E-state index is 12.2. The van der Waals surface area contributed by atoms with E-state index in [9.17, 15) is 14.9 Å². The Balaban J connectivity index is 2.20. The van der Waals surface area contributed by atoms with Gasteiger partial charge in [0.1, 0.15) is 12.3 Å². The van der Waals surface area contributed by atoms with Gasteiger partial charge in [0.2, 0.25) is 0 Å². The number of carbonyl (C=O) groups is 1. The summed E-state index contributed by atoms with van der Waals surface area (Å²) in [5.74, 6) is 0.590. The number of nitrogens with one attached hydrogen (secondary N) is 2. The molecule has 25 heavy (non-hydrogen) atoms. The van der Waals surface area contributed by atoms with E-state index in [0.717, 1.165) is 10.5 Å². The van der Waals surface area contributed by atoms with Gasteiger partial charge in [-0.05, 0) is 27.7 Å². The molecule has 0 fully saturated rings. The summed E-state index contributed by atoms with van der Waals surface area (Å²) in [4.78, 5) is 24.0. The Hall–Kier alpha value is -2.19. The Morgan fingerprint density at radius 3 is 2.72 bits per heavy atom. The van der Waals surface area contributed by atoms with Crippen LogP contribution in [0.4, 0.5) is 5.69 Å². The van der Waals surface area contributed by atoms with Gasteiger partial charge in [-0.25, -0.2) is 0 Å². The average molecular weight is 352 g/mol. The van der Waals surface area contributed by atoms with Crippen LogP contribution in [0.5, 0.6) is 5.75 Å². The molecule has 0 saturated heterocycles. The van der Waals surface area contributed by atoms with Gasteiger partial charge in [0, 0.05) is 23.2 Å². The van der Waals surface area contributed by atoms with Crippen molar-refractivity contribution in [3.05, 3.63) is 33.4 Å². The molecule has 1 aromatic carbocycles. The minimum Gasteiger partial charge on any atom is -0.467 e. The summed E-state index contributed by atoms with van der Waals surface area (Å²) in [5, 5.41) is 14.1. The number of nitro groups is 1. The molecule has 1 aliphatic rings. The third kappa shape index (κ3) is 5.40. The van der Waals surface area contributed by atoms with Crippen molar-refractivity contribution in [1.29, 1.82) is 0 Å². The summed E-state index contributed by atoms with van der Waals surface area (Å²) >= 11 is 0. The van der Waals surface area contributed by atoms with Crippen molar-refractivity contribution in [3.63, 3.8) is 0 Å². The van der Waals surface area contributed by atoms with Crippen LogP contribution < -0.4 is 15.0 Å². The summed E-state index contributed by atoms with van der Waals surface area (Å²) in [6, 6.07) is 3.01. The molecular weight excluding hydrogens is 326 g/mol. The molecule has 0 aliphatic carbocycles. The summed E-state index contributed by atoms with van der Waals surface area (Å²) < 4.78 is 10.8. The van der Waals surface area contributed by atoms with E-state index in [4.69, 9.17) is 9.47 Å². The van der Waals surface area contributed by atoms with E-state index in [1.165, 1.54) is 12.1 Å². The first kappa shape index (κ1) is 19.1. The number of hydrogen-bond acceptors (Lipinski definition) is 5. The number of amides is 1. The van der Waals surface area contributed by atoms with Crippen molar-refractivity contribution < 1.29 is 24.1 Å². The number of nitrogens with zero attached hydrogens (tertiary/aromatic N) is 1. The highest BCUT2D eigenvalue weighted by Crippen LogP contribution is 2.32. The zero-order valence-corrected chi connectivity index (χ0v) is 15.2. The molecule has 0 spiro atoms. The molecule has 0 bridgehead atoms. The molecule has 0 saturated carbocycles. The summed E-state index contributed by atoms with van der Waals surface area (Å²) in [6.45, 7) is 9.67. The van der Waals surface area contributed by atoms with Crippen LogP contribution in [-0.4, -0.2) is 36.3 Å². The maximum Gasteiger partial charge on any atom is 0.275 e. The number of hydrogen-bond donors (Lipinski definition) is 2. The van der Waals surface area contributed by atoms with Gasteiger partial charge >= 0.3 is 0 Å². The normalized spacial score (nSPS) is 15.0. The predicted octanol–water partition coefficient (Wildman–Crippen LogP) is 0.781. The van der Waals surface area contributed by atoms with Gasteiger partial charge in [0.05, 0.1) is 23.6 Å². The average Bonchev–Trinajstić information content (AvgIpc) is 2.52. The number of likely N-dealkylation sites (N-methyl/N-ethyl adjacent to an activating group) is 1. The number of non-ortho nitro benzene ring substituents is 1. The lowest BCUT2D eigenvalue weighted by molar-refractivity contribution is -0.904. The van der Waals surface area contributed by atoms with Crippen LogP contribution in [-0.2, 0) is 22.7 Å². The zero-order valence-electron chi connectivity index (χ0n) is 15.2. The monoisotopic (exact) mass is 352 g/mol. The molecule has 0 radical (unpaired) electrons. The fourth-order valence-electron chi connectivity index (χ4n) is 2.79. The number of carbonyl (C=O) groups excluding carboxylic acids is 1. The van der Waals surface area contributed by atoms with E-state index in [1.807, 2.05) is 27.7 Å². The van der Waals surface area contributed by atoms with Gasteiger partial charge in [0.25, 0.3) is 11.6 Å². The minimum atomic E-state index is -0.420. The highest BCUT2D eigenvalue weighted by molar-refractivity contribution is 5.77. The van der Waals surface area contributed by atoms with Crippen LogP contribution in [0.2, 0.25) is 0 Å². The van der Waals surface area contributed by atoms with Crippen LogP contribution in [0.1, 0.15) is 38.8 Å². The lowest BCUT2D eigenvalue weighted by Crippen LogP contribution is -3.11. The molecule has 1 amide bonds. The first-order valence-corrected chi connectivity index (χ1v) is 8.35. The number of rotatable bonds is 6. The molecule has 1 aliphatic heterocycles. The van der Waals surface area contributed by atoms with Gasteiger partial charge in [-0.3, -0.25) is 14.9 Å². The number of nitro benzene ring substituents is 1. The molecule has 1 heterocycles. The van der Waals surface area contributed by atoms with Crippen molar-refractivity contribution in [3.8, 4) is 5.75 Å². The van der Waals surface area contributed by atoms with E-state index < -0.39 is 4.92 Å². The van der Waals surface area contributed by atoms with Gasteiger partial charge in [0.15, 0.2) is 13.3 Å². The van der Waals surface area contributed by atoms with E-state index in [1.54, 1.807) is 0 Å². The number of benzene rings is 1. The fraction of sp³-hybridized carbons (Fsp3) is 0.588. The Morgan fingerprint density at radius 2 is 2.12 bits per heavy atom. The molecule has 8 nitrogen and oxygen atoms in total. The van der Waals surface area contributed by atoms with Crippen LogP contribution in [0, 0.1) is 10.1 Å². The highest BCUT2D eigenvalue weighted by atomic mass is 16.7. The first-order chi connectivity index (χ1) is 11.7. The van der Waals surface area contributed by atoms with Gasteiger partial charge < -0.3 is 19.7 Å². The topological polar surface area (TPSA) is 95.1 Å². The van der Waals surface area contributed by atoms with Crippen molar-refractivity contribution in [2.45, 2.75) is 46.4 Å². The third-order valence-electron chi connectivity index (χ3n) is 3.85. The quantitative estimate of drug-likeness (QED) is 0.583. The SMILES string of the molecule is CC[NH+](CC(=O)NC(C)(C)C)Cc1cc([N+](=O)[O-])cc2c1OCOC2. The van der Waals surface area contributed by atoms with E-state index in [-0.39, 0.29) is 30.5 Å². The third-order valence-corrected chi connectivity index (χ3v) is 3.85. The second-order valence-corrected chi connectivity index (χ2v) is 7.22. The molecule has 8 heteroatoms.